The van der Waals surface area contributed by atoms with E-state index in [1.807, 2.05) is 0 Å². The van der Waals surface area contributed by atoms with E-state index in [1.165, 1.54) is 11.9 Å². The number of hydrogen-bond acceptors (Lipinski definition) is 4. The van der Waals surface area contributed by atoms with Gasteiger partial charge in [-0.3, -0.25) is 14.9 Å². The summed E-state index contributed by atoms with van der Waals surface area (Å²) < 4.78 is 41.4. The van der Waals surface area contributed by atoms with Gasteiger partial charge in [-0.15, -0.1) is 0 Å². The number of alkyl halides is 3. The summed E-state index contributed by atoms with van der Waals surface area (Å²) >= 11 is 0. The Kier molecular flexibility index (Phi) is 5.86. The first-order chi connectivity index (χ1) is 11.7. The van der Waals surface area contributed by atoms with Crippen LogP contribution in [-0.4, -0.2) is 42.1 Å². The highest BCUT2D eigenvalue weighted by molar-refractivity contribution is 5.98. The van der Waals surface area contributed by atoms with Gasteiger partial charge in [-0.2, -0.15) is 13.2 Å². The molecule has 0 radical (unpaired) electrons. The number of benzene rings is 1. The van der Waals surface area contributed by atoms with Crippen LogP contribution in [0.4, 0.5) is 18.9 Å². The highest BCUT2D eigenvalue weighted by Gasteiger charge is 2.30. The number of halogens is 3. The van der Waals surface area contributed by atoms with Gasteiger partial charge in [0.25, 0.3) is 11.6 Å². The van der Waals surface area contributed by atoms with Crippen molar-refractivity contribution in [3.8, 4) is 5.75 Å². The van der Waals surface area contributed by atoms with Gasteiger partial charge in [0, 0.05) is 19.7 Å². The maximum absolute atomic E-state index is 12.6. The van der Waals surface area contributed by atoms with E-state index >= 15 is 0 Å². The molecule has 1 aliphatic rings. The number of rotatable bonds is 6. The average molecular weight is 360 g/mol. The Morgan fingerprint density at radius 2 is 2.00 bits per heavy atom. The largest absolute Gasteiger partial charge is 0.484 e. The Morgan fingerprint density at radius 1 is 1.36 bits per heavy atom. The second-order valence-corrected chi connectivity index (χ2v) is 6.18. The van der Waals surface area contributed by atoms with Crippen LogP contribution in [0.25, 0.3) is 0 Å². The van der Waals surface area contributed by atoms with Crippen molar-refractivity contribution in [2.45, 2.75) is 31.9 Å². The third-order valence-corrected chi connectivity index (χ3v) is 4.15. The van der Waals surface area contributed by atoms with Gasteiger partial charge in [-0.1, -0.05) is 12.8 Å². The number of nitro groups is 1. The average Bonchev–Trinajstić information content (AvgIpc) is 3.04. The zero-order valence-corrected chi connectivity index (χ0v) is 13.7. The van der Waals surface area contributed by atoms with Gasteiger partial charge in [0.05, 0.1) is 4.92 Å². The van der Waals surface area contributed by atoms with Gasteiger partial charge in [-0.25, -0.2) is 0 Å². The molecule has 1 aliphatic carbocycles. The van der Waals surface area contributed by atoms with Crippen LogP contribution < -0.4 is 4.74 Å². The Labute approximate surface area is 142 Å². The van der Waals surface area contributed by atoms with Gasteiger partial charge in [0.1, 0.15) is 11.3 Å². The second-order valence-electron chi connectivity index (χ2n) is 6.18. The molecule has 0 aliphatic heterocycles. The molecule has 25 heavy (non-hydrogen) atoms. The fraction of sp³-hybridized carbons (Fsp3) is 0.562. The zero-order chi connectivity index (χ0) is 18.6. The lowest BCUT2D eigenvalue weighted by Crippen LogP contribution is -2.31. The van der Waals surface area contributed by atoms with Crippen molar-refractivity contribution in [2.24, 2.45) is 5.92 Å². The molecule has 0 unspecified atom stereocenters. The normalized spacial score (nSPS) is 15.2. The number of hydrogen-bond donors (Lipinski definition) is 0. The maximum atomic E-state index is 12.6. The molecular formula is C16H19F3N2O4. The summed E-state index contributed by atoms with van der Waals surface area (Å²) in [4.78, 5) is 24.3. The molecule has 0 atom stereocenters. The van der Waals surface area contributed by atoms with Crippen LogP contribution in [0.5, 0.6) is 5.75 Å². The zero-order valence-electron chi connectivity index (χ0n) is 13.7. The van der Waals surface area contributed by atoms with Crippen LogP contribution >= 0.6 is 0 Å². The molecule has 0 spiro atoms. The maximum Gasteiger partial charge on any atom is 0.422 e. The fourth-order valence-corrected chi connectivity index (χ4v) is 2.97. The van der Waals surface area contributed by atoms with Gasteiger partial charge in [0.2, 0.25) is 0 Å². The SMILES string of the molecule is CN(CC1CCCC1)C(=O)c1cc(OCC(F)(F)F)ccc1[N+](=O)[O-]. The third-order valence-electron chi connectivity index (χ3n) is 4.15. The Morgan fingerprint density at radius 3 is 2.56 bits per heavy atom. The number of carbonyl (C=O) groups is 1. The predicted octanol–water partition coefficient (Wildman–Crippen LogP) is 3.80. The highest BCUT2D eigenvalue weighted by Crippen LogP contribution is 2.29. The Bertz CT molecular complexity index is 643. The number of carbonyl (C=O) groups excluding carboxylic acids is 1. The monoisotopic (exact) mass is 360 g/mol. The van der Waals surface area contributed by atoms with Crippen LogP contribution in [0.3, 0.4) is 0 Å². The standard InChI is InChI=1S/C16H19F3N2O4/c1-20(9-11-4-2-3-5-11)15(22)13-8-12(25-10-16(17,18)19)6-7-14(13)21(23)24/h6-8,11H,2-5,9-10H2,1H3. The van der Waals surface area contributed by atoms with Crippen molar-refractivity contribution in [3.05, 3.63) is 33.9 Å². The number of nitro benzene ring substituents is 1. The molecule has 0 N–H and O–H groups in total. The molecule has 0 saturated heterocycles. The Hall–Kier alpha value is -2.32. The first-order valence-corrected chi connectivity index (χ1v) is 7.91. The molecule has 1 amide bonds. The van der Waals surface area contributed by atoms with Gasteiger partial charge < -0.3 is 9.64 Å². The smallest absolute Gasteiger partial charge is 0.422 e. The van der Waals surface area contributed by atoms with Crippen molar-refractivity contribution in [2.75, 3.05) is 20.2 Å². The molecule has 6 nitrogen and oxygen atoms in total. The summed E-state index contributed by atoms with van der Waals surface area (Å²) in [5.74, 6) is -0.491. The van der Waals surface area contributed by atoms with Crippen molar-refractivity contribution < 1.29 is 27.6 Å². The fourth-order valence-electron chi connectivity index (χ4n) is 2.97. The summed E-state index contributed by atoms with van der Waals surface area (Å²) in [6, 6.07) is 3.04. The lowest BCUT2D eigenvalue weighted by Gasteiger charge is -2.21. The molecule has 9 heteroatoms. The first-order valence-electron chi connectivity index (χ1n) is 7.91. The first kappa shape index (κ1) is 19.0. The quantitative estimate of drug-likeness (QED) is 0.571. The molecule has 0 aromatic heterocycles. The molecule has 2 rings (SSSR count). The molecule has 0 bridgehead atoms. The second kappa shape index (κ2) is 7.71. The van der Waals surface area contributed by atoms with E-state index in [0.717, 1.165) is 43.9 Å². The van der Waals surface area contributed by atoms with Gasteiger partial charge in [0.15, 0.2) is 6.61 Å². The molecule has 138 valence electrons. The van der Waals surface area contributed by atoms with E-state index in [1.54, 1.807) is 0 Å². The number of nitrogens with zero attached hydrogens (tertiary/aromatic N) is 2. The molecule has 0 heterocycles. The summed E-state index contributed by atoms with van der Waals surface area (Å²) in [7, 11) is 1.54. The molecule has 1 saturated carbocycles. The molecule has 1 aromatic carbocycles. The van der Waals surface area contributed by atoms with E-state index in [-0.39, 0.29) is 11.3 Å². The van der Waals surface area contributed by atoms with Crippen LogP contribution in [0, 0.1) is 16.0 Å². The molecule has 1 aromatic rings. The molecular weight excluding hydrogens is 341 g/mol. The van der Waals surface area contributed by atoms with Crippen LogP contribution in [0.1, 0.15) is 36.0 Å². The minimum atomic E-state index is -4.54. The van der Waals surface area contributed by atoms with Crippen LogP contribution in [-0.2, 0) is 0 Å². The van der Waals surface area contributed by atoms with Gasteiger partial charge >= 0.3 is 6.18 Å². The summed E-state index contributed by atoms with van der Waals surface area (Å²) in [6.45, 7) is -1.07. The van der Waals surface area contributed by atoms with Crippen molar-refractivity contribution in [1.29, 1.82) is 0 Å². The Balaban J connectivity index is 2.19. The minimum absolute atomic E-state index is 0.236. The predicted molar refractivity (Wildman–Crippen MR) is 83.6 cm³/mol. The van der Waals surface area contributed by atoms with Crippen molar-refractivity contribution in [3.63, 3.8) is 0 Å². The lowest BCUT2D eigenvalue weighted by atomic mass is 10.1. The summed E-state index contributed by atoms with van der Waals surface area (Å²) in [6.07, 6.45) is -0.366. The van der Waals surface area contributed by atoms with E-state index < -0.39 is 29.3 Å². The van der Waals surface area contributed by atoms with Crippen molar-refractivity contribution >= 4 is 11.6 Å². The molecule has 1 fully saturated rings. The highest BCUT2D eigenvalue weighted by atomic mass is 19.4. The van der Waals surface area contributed by atoms with E-state index in [2.05, 4.69) is 4.74 Å². The van der Waals surface area contributed by atoms with Crippen molar-refractivity contribution in [1.82, 2.24) is 4.90 Å². The topological polar surface area (TPSA) is 72.7 Å². The van der Waals surface area contributed by atoms with E-state index in [9.17, 15) is 28.1 Å². The lowest BCUT2D eigenvalue weighted by molar-refractivity contribution is -0.385. The van der Waals surface area contributed by atoms with Gasteiger partial charge in [-0.05, 0) is 30.9 Å². The number of ether oxygens (including phenoxy) is 1. The van der Waals surface area contributed by atoms with E-state index in [4.69, 9.17) is 0 Å². The van der Waals surface area contributed by atoms with Crippen LogP contribution in [0.15, 0.2) is 18.2 Å². The summed E-state index contributed by atoms with van der Waals surface area (Å²) in [5.41, 5.74) is -0.729. The minimum Gasteiger partial charge on any atom is -0.484 e. The third kappa shape index (κ3) is 5.33. The summed E-state index contributed by atoms with van der Waals surface area (Å²) in [5, 5.41) is 11.1. The van der Waals surface area contributed by atoms with E-state index in [0.29, 0.717) is 12.5 Å². The van der Waals surface area contributed by atoms with Crippen LogP contribution in [0.2, 0.25) is 0 Å². The number of amides is 1.